The van der Waals surface area contributed by atoms with Crippen LogP contribution < -0.4 is 5.32 Å². The van der Waals surface area contributed by atoms with Crippen molar-refractivity contribution in [3.8, 4) is 5.69 Å². The Morgan fingerprint density at radius 1 is 1.32 bits per heavy atom. The molecule has 0 fully saturated rings. The second kappa shape index (κ2) is 7.08. The van der Waals surface area contributed by atoms with E-state index in [1.807, 2.05) is 0 Å². The molecule has 2 aromatic rings. The summed E-state index contributed by atoms with van der Waals surface area (Å²) in [4.78, 5) is 14.8. The standard InChI is InChI=1S/C14H14F3N3O2/c15-7-11(19-14(22)13(16)17)12(21)9-1-3-10(4-2-9)20-6-5-18-8-20/h1-6,8,11-13,21H,7H2,(H,19,22)/t11-,12-/m1/s1. The van der Waals surface area contributed by atoms with Gasteiger partial charge in [0.05, 0.1) is 12.4 Å². The lowest BCUT2D eigenvalue weighted by Crippen LogP contribution is -2.43. The summed E-state index contributed by atoms with van der Waals surface area (Å²) >= 11 is 0. The fourth-order valence-corrected chi connectivity index (χ4v) is 1.94. The maximum absolute atomic E-state index is 12.9. The first-order valence-electron chi connectivity index (χ1n) is 6.43. The number of nitrogens with one attached hydrogen (secondary N) is 1. The highest BCUT2D eigenvalue weighted by Gasteiger charge is 2.26. The molecular formula is C14H14F3N3O2. The SMILES string of the molecule is O=C(N[C@H](CF)[C@H](O)c1ccc(-n2ccnc2)cc1)C(F)F. The van der Waals surface area contributed by atoms with Gasteiger partial charge in [0.2, 0.25) is 0 Å². The van der Waals surface area contributed by atoms with Gasteiger partial charge in [0.15, 0.2) is 0 Å². The van der Waals surface area contributed by atoms with Crippen molar-refractivity contribution < 1.29 is 23.1 Å². The van der Waals surface area contributed by atoms with Crippen LogP contribution in [0.2, 0.25) is 0 Å². The summed E-state index contributed by atoms with van der Waals surface area (Å²) in [6.07, 6.45) is 0.216. The molecule has 0 bridgehead atoms. The zero-order valence-electron chi connectivity index (χ0n) is 11.4. The number of benzene rings is 1. The zero-order valence-corrected chi connectivity index (χ0v) is 11.4. The molecule has 1 aromatic heterocycles. The molecule has 118 valence electrons. The normalized spacial score (nSPS) is 13.9. The van der Waals surface area contributed by atoms with Crippen LogP contribution in [0, 0.1) is 0 Å². The van der Waals surface area contributed by atoms with Gasteiger partial charge in [0, 0.05) is 18.1 Å². The Bertz CT molecular complexity index is 602. The Kier molecular flexibility index (Phi) is 5.16. The highest BCUT2D eigenvalue weighted by molar-refractivity contribution is 5.79. The third-order valence-electron chi connectivity index (χ3n) is 3.11. The maximum atomic E-state index is 12.9. The monoisotopic (exact) mass is 313 g/mol. The second-order valence-electron chi connectivity index (χ2n) is 4.58. The highest BCUT2D eigenvalue weighted by Crippen LogP contribution is 2.19. The van der Waals surface area contributed by atoms with Gasteiger partial charge in [-0.1, -0.05) is 12.1 Å². The number of alkyl halides is 3. The van der Waals surface area contributed by atoms with E-state index < -0.39 is 31.2 Å². The number of aliphatic hydroxyl groups is 1. The van der Waals surface area contributed by atoms with Gasteiger partial charge < -0.3 is 15.0 Å². The van der Waals surface area contributed by atoms with Crippen LogP contribution in [0.3, 0.4) is 0 Å². The van der Waals surface area contributed by atoms with Crippen LogP contribution in [0.5, 0.6) is 0 Å². The molecule has 1 amide bonds. The van der Waals surface area contributed by atoms with Crippen LogP contribution >= 0.6 is 0 Å². The van der Waals surface area contributed by atoms with E-state index >= 15 is 0 Å². The molecule has 0 aliphatic rings. The quantitative estimate of drug-likeness (QED) is 0.852. The lowest BCUT2D eigenvalue weighted by molar-refractivity contribution is -0.133. The molecule has 0 unspecified atom stereocenters. The van der Waals surface area contributed by atoms with Gasteiger partial charge in [-0.3, -0.25) is 4.79 Å². The van der Waals surface area contributed by atoms with E-state index in [4.69, 9.17) is 0 Å². The molecule has 1 aromatic carbocycles. The van der Waals surface area contributed by atoms with Gasteiger partial charge in [0.1, 0.15) is 12.8 Å². The molecule has 0 radical (unpaired) electrons. The lowest BCUT2D eigenvalue weighted by Gasteiger charge is -2.22. The predicted octanol–water partition coefficient (Wildman–Crippen LogP) is 1.63. The number of carbonyl (C=O) groups excluding carboxylic acids is 1. The minimum Gasteiger partial charge on any atom is -0.386 e. The van der Waals surface area contributed by atoms with Crippen molar-refractivity contribution in [2.24, 2.45) is 0 Å². The first-order valence-corrected chi connectivity index (χ1v) is 6.43. The number of halogens is 3. The van der Waals surface area contributed by atoms with E-state index in [0.29, 0.717) is 5.56 Å². The topological polar surface area (TPSA) is 67.2 Å². The third kappa shape index (κ3) is 3.64. The maximum Gasteiger partial charge on any atom is 0.315 e. The minimum atomic E-state index is -3.26. The van der Waals surface area contributed by atoms with Gasteiger partial charge in [-0.25, -0.2) is 9.37 Å². The molecule has 0 saturated heterocycles. The summed E-state index contributed by atoms with van der Waals surface area (Å²) in [5.74, 6) is -1.61. The molecule has 2 N–H and O–H groups in total. The Balaban J connectivity index is 2.10. The van der Waals surface area contributed by atoms with Crippen molar-refractivity contribution in [3.63, 3.8) is 0 Å². The summed E-state index contributed by atoms with van der Waals surface area (Å²) in [6.45, 7) is -1.16. The van der Waals surface area contributed by atoms with Crippen molar-refractivity contribution >= 4 is 5.91 Å². The van der Waals surface area contributed by atoms with Crippen LogP contribution in [-0.2, 0) is 4.79 Å². The molecule has 0 aliphatic heterocycles. The molecule has 8 heteroatoms. The molecule has 2 atom stereocenters. The number of imidazole rings is 1. The van der Waals surface area contributed by atoms with Gasteiger partial charge >= 0.3 is 6.43 Å². The molecule has 22 heavy (non-hydrogen) atoms. The first kappa shape index (κ1) is 16.0. The average Bonchev–Trinajstić information content (AvgIpc) is 3.06. The van der Waals surface area contributed by atoms with E-state index in [9.17, 15) is 23.1 Å². The van der Waals surface area contributed by atoms with E-state index in [1.54, 1.807) is 40.7 Å². The Morgan fingerprint density at radius 3 is 2.50 bits per heavy atom. The Labute approximate surface area is 124 Å². The highest BCUT2D eigenvalue weighted by atomic mass is 19.3. The number of hydrogen-bond acceptors (Lipinski definition) is 3. The van der Waals surface area contributed by atoms with Crippen LogP contribution in [0.25, 0.3) is 5.69 Å². The molecule has 5 nitrogen and oxygen atoms in total. The smallest absolute Gasteiger partial charge is 0.315 e. The predicted molar refractivity (Wildman–Crippen MR) is 72.4 cm³/mol. The van der Waals surface area contributed by atoms with E-state index in [0.717, 1.165) is 5.69 Å². The largest absolute Gasteiger partial charge is 0.386 e. The fourth-order valence-electron chi connectivity index (χ4n) is 1.94. The van der Waals surface area contributed by atoms with Crippen molar-refractivity contribution in [1.29, 1.82) is 0 Å². The summed E-state index contributed by atoms with van der Waals surface area (Å²) in [7, 11) is 0. The van der Waals surface area contributed by atoms with Gasteiger partial charge in [0.25, 0.3) is 5.91 Å². The summed E-state index contributed by atoms with van der Waals surface area (Å²) in [6, 6.07) is 4.93. The van der Waals surface area contributed by atoms with Crippen LogP contribution in [0.15, 0.2) is 43.0 Å². The molecule has 2 rings (SSSR count). The van der Waals surface area contributed by atoms with Crippen LogP contribution in [-0.4, -0.2) is 39.7 Å². The van der Waals surface area contributed by atoms with Crippen LogP contribution in [0.1, 0.15) is 11.7 Å². The molecule has 0 spiro atoms. The minimum absolute atomic E-state index is 0.307. The lowest BCUT2D eigenvalue weighted by atomic mass is 10.0. The third-order valence-corrected chi connectivity index (χ3v) is 3.11. The fraction of sp³-hybridized carbons (Fsp3) is 0.286. The molecular weight excluding hydrogens is 299 g/mol. The van der Waals surface area contributed by atoms with E-state index in [-0.39, 0.29) is 0 Å². The van der Waals surface area contributed by atoms with Crippen molar-refractivity contribution in [3.05, 3.63) is 48.5 Å². The van der Waals surface area contributed by atoms with Crippen molar-refractivity contribution in [2.75, 3.05) is 6.67 Å². The van der Waals surface area contributed by atoms with E-state index in [1.165, 1.54) is 12.1 Å². The second-order valence-corrected chi connectivity index (χ2v) is 4.58. The zero-order chi connectivity index (χ0) is 16.1. The number of aromatic nitrogens is 2. The summed E-state index contributed by atoms with van der Waals surface area (Å²) in [5.41, 5.74) is 1.07. The summed E-state index contributed by atoms with van der Waals surface area (Å²) < 4.78 is 39.0. The molecule has 0 saturated carbocycles. The summed E-state index contributed by atoms with van der Waals surface area (Å²) in [5, 5.41) is 11.8. The number of carbonyl (C=O) groups is 1. The average molecular weight is 313 g/mol. The van der Waals surface area contributed by atoms with Gasteiger partial charge in [-0.05, 0) is 17.7 Å². The number of amides is 1. The molecule has 1 heterocycles. The Hall–Kier alpha value is -2.35. The van der Waals surface area contributed by atoms with Gasteiger partial charge in [-0.2, -0.15) is 8.78 Å². The first-order chi connectivity index (χ1) is 10.5. The van der Waals surface area contributed by atoms with Crippen molar-refractivity contribution in [2.45, 2.75) is 18.6 Å². The van der Waals surface area contributed by atoms with E-state index in [2.05, 4.69) is 4.98 Å². The van der Waals surface area contributed by atoms with Crippen molar-refractivity contribution in [1.82, 2.24) is 14.9 Å². The number of nitrogens with zero attached hydrogens (tertiary/aromatic N) is 2. The number of hydrogen-bond donors (Lipinski definition) is 2. The number of rotatable bonds is 6. The van der Waals surface area contributed by atoms with Gasteiger partial charge in [-0.15, -0.1) is 0 Å². The molecule has 0 aliphatic carbocycles. The van der Waals surface area contributed by atoms with Crippen LogP contribution in [0.4, 0.5) is 13.2 Å². The Morgan fingerprint density at radius 2 is 2.00 bits per heavy atom. The number of aliphatic hydroxyl groups excluding tert-OH is 1.